The molecule has 3 heterocycles. The van der Waals surface area contributed by atoms with E-state index in [2.05, 4.69) is 31.2 Å². The molecule has 4 rings (SSSR count). The van der Waals surface area contributed by atoms with Crippen LogP contribution in [0.1, 0.15) is 31.1 Å². The zero-order valence-corrected chi connectivity index (χ0v) is 14.0. The molecule has 2 unspecified atom stereocenters. The number of aromatic nitrogens is 2. The van der Waals surface area contributed by atoms with Crippen molar-refractivity contribution >= 4 is 38.4 Å². The van der Waals surface area contributed by atoms with Crippen LogP contribution in [0.2, 0.25) is 5.28 Å². The Kier molecular flexibility index (Phi) is 3.60. The van der Waals surface area contributed by atoms with Crippen LogP contribution in [-0.2, 0) is 4.74 Å². The summed E-state index contributed by atoms with van der Waals surface area (Å²) >= 11 is 9.15. The van der Waals surface area contributed by atoms with Gasteiger partial charge < -0.3 is 10.1 Å². The number of piperidine rings is 1. The normalized spacial score (nSPS) is 28.0. The fourth-order valence-electron chi connectivity index (χ4n) is 3.38. The minimum Gasteiger partial charge on any atom is -0.364 e. The lowest BCUT2D eigenvalue weighted by Gasteiger charge is -2.50. The maximum absolute atomic E-state index is 14.2. The fourth-order valence-corrected chi connectivity index (χ4v) is 3.87. The molecule has 0 aliphatic carbocycles. The first-order valence-corrected chi connectivity index (χ1v) is 8.45. The summed E-state index contributed by atoms with van der Waals surface area (Å²) in [5.74, 6) is -0.420. The summed E-state index contributed by atoms with van der Waals surface area (Å²) in [5.41, 5.74) is 0.814. The van der Waals surface area contributed by atoms with Crippen LogP contribution in [0.25, 0.3) is 10.9 Å². The van der Waals surface area contributed by atoms with Crippen LogP contribution in [0.5, 0.6) is 0 Å². The number of hydrogen-bond donors (Lipinski definition) is 1. The Morgan fingerprint density at radius 1 is 1.41 bits per heavy atom. The molecule has 2 saturated heterocycles. The van der Waals surface area contributed by atoms with Gasteiger partial charge in [0, 0.05) is 18.4 Å². The summed E-state index contributed by atoms with van der Waals surface area (Å²) in [4.78, 5) is 8.32. The minimum atomic E-state index is -0.420. The maximum atomic E-state index is 14.2. The second kappa shape index (κ2) is 5.37. The smallest absolute Gasteiger partial charge is 0.223 e. The molecule has 116 valence electrons. The van der Waals surface area contributed by atoms with Crippen molar-refractivity contribution in [3.8, 4) is 0 Å². The van der Waals surface area contributed by atoms with Gasteiger partial charge in [0.05, 0.1) is 15.8 Å². The van der Waals surface area contributed by atoms with E-state index in [1.165, 1.54) is 0 Å². The van der Waals surface area contributed by atoms with E-state index in [9.17, 15) is 4.39 Å². The highest BCUT2D eigenvalue weighted by Crippen LogP contribution is 2.47. The Bertz CT molecular complexity index is 743. The van der Waals surface area contributed by atoms with Crippen molar-refractivity contribution in [3.63, 3.8) is 0 Å². The molecular formula is C15H14BrClFN3O. The van der Waals surface area contributed by atoms with Gasteiger partial charge in [0.25, 0.3) is 0 Å². The van der Waals surface area contributed by atoms with Gasteiger partial charge in [-0.1, -0.05) is 0 Å². The third-order valence-electron chi connectivity index (χ3n) is 4.45. The molecule has 22 heavy (non-hydrogen) atoms. The Hall–Kier alpha value is -0.820. The van der Waals surface area contributed by atoms with Gasteiger partial charge in [-0.15, -0.1) is 0 Å². The first-order valence-electron chi connectivity index (χ1n) is 7.28. The molecule has 1 N–H and O–H groups in total. The van der Waals surface area contributed by atoms with E-state index in [0.717, 1.165) is 32.4 Å². The van der Waals surface area contributed by atoms with E-state index in [1.54, 1.807) is 6.07 Å². The number of nitrogens with one attached hydrogen (secondary N) is 1. The first kappa shape index (κ1) is 14.8. The fraction of sp³-hybridized carbons (Fsp3) is 0.467. The highest BCUT2D eigenvalue weighted by molar-refractivity contribution is 9.10. The van der Waals surface area contributed by atoms with Crippen molar-refractivity contribution in [1.82, 2.24) is 15.3 Å². The van der Waals surface area contributed by atoms with Crippen LogP contribution in [0.3, 0.4) is 0 Å². The SMILES string of the molecule is Fc1c(Br)ccc2c(C3CC4(CCCNC4)O3)nc(Cl)nc12. The third-order valence-corrected chi connectivity index (χ3v) is 5.23. The van der Waals surface area contributed by atoms with E-state index < -0.39 is 5.82 Å². The lowest BCUT2D eigenvalue weighted by Crippen LogP contribution is -2.55. The lowest BCUT2D eigenvalue weighted by atomic mass is 9.81. The highest BCUT2D eigenvalue weighted by Gasteiger charge is 2.47. The van der Waals surface area contributed by atoms with Crippen LogP contribution in [0, 0.1) is 5.82 Å². The van der Waals surface area contributed by atoms with Crippen LogP contribution in [0.15, 0.2) is 16.6 Å². The Morgan fingerprint density at radius 3 is 2.95 bits per heavy atom. The highest BCUT2D eigenvalue weighted by atomic mass is 79.9. The Morgan fingerprint density at radius 2 is 2.23 bits per heavy atom. The van der Waals surface area contributed by atoms with Gasteiger partial charge in [0.2, 0.25) is 5.28 Å². The maximum Gasteiger partial charge on any atom is 0.223 e. The van der Waals surface area contributed by atoms with Crippen molar-refractivity contribution in [1.29, 1.82) is 0 Å². The molecule has 1 aromatic carbocycles. The minimum absolute atomic E-state index is 0.0471. The van der Waals surface area contributed by atoms with Crippen molar-refractivity contribution < 1.29 is 9.13 Å². The summed E-state index contributed by atoms with van der Waals surface area (Å²) in [6, 6.07) is 3.47. The summed E-state index contributed by atoms with van der Waals surface area (Å²) in [6.07, 6.45) is 2.89. The second-order valence-corrected chi connectivity index (χ2v) is 7.10. The molecule has 0 amide bonds. The zero-order chi connectivity index (χ0) is 15.3. The number of rotatable bonds is 1. The van der Waals surface area contributed by atoms with Crippen LogP contribution >= 0.6 is 27.5 Å². The zero-order valence-electron chi connectivity index (χ0n) is 11.7. The summed E-state index contributed by atoms with van der Waals surface area (Å²) < 4.78 is 20.8. The van der Waals surface area contributed by atoms with E-state index >= 15 is 0 Å². The summed E-state index contributed by atoms with van der Waals surface area (Å²) in [5, 5.41) is 4.07. The molecule has 2 aromatic rings. The standard InChI is InChI=1S/C15H14BrClFN3O/c16-9-3-2-8-12(20-14(17)21-13(8)11(9)18)10-6-15(22-10)4-1-5-19-7-15/h2-3,10,19H,1,4-7H2. The first-order chi connectivity index (χ1) is 10.6. The number of halogens is 3. The Labute approximate surface area is 140 Å². The van der Waals surface area contributed by atoms with Crippen molar-refractivity contribution in [3.05, 3.63) is 33.4 Å². The molecule has 2 aliphatic heterocycles. The summed E-state index contributed by atoms with van der Waals surface area (Å²) in [7, 11) is 0. The molecule has 2 atom stereocenters. The van der Waals surface area contributed by atoms with E-state index in [4.69, 9.17) is 16.3 Å². The predicted molar refractivity (Wildman–Crippen MR) is 85.5 cm³/mol. The third kappa shape index (κ3) is 2.33. The van der Waals surface area contributed by atoms with Crippen LogP contribution in [-0.4, -0.2) is 28.7 Å². The molecule has 4 nitrogen and oxygen atoms in total. The predicted octanol–water partition coefficient (Wildman–Crippen LogP) is 3.77. The average Bonchev–Trinajstić information content (AvgIpc) is 2.49. The van der Waals surface area contributed by atoms with Crippen LogP contribution in [0.4, 0.5) is 4.39 Å². The molecule has 0 radical (unpaired) electrons. The number of fused-ring (bicyclic) bond motifs is 1. The number of benzene rings is 1. The topological polar surface area (TPSA) is 47.0 Å². The van der Waals surface area contributed by atoms with Gasteiger partial charge >= 0.3 is 0 Å². The molecule has 0 bridgehead atoms. The molecule has 7 heteroatoms. The molecular weight excluding hydrogens is 373 g/mol. The largest absolute Gasteiger partial charge is 0.364 e. The van der Waals surface area contributed by atoms with Crippen molar-refractivity contribution in [2.75, 3.05) is 13.1 Å². The van der Waals surface area contributed by atoms with Gasteiger partial charge in [-0.3, -0.25) is 0 Å². The van der Waals surface area contributed by atoms with E-state index in [0.29, 0.717) is 15.6 Å². The number of hydrogen-bond acceptors (Lipinski definition) is 4. The van der Waals surface area contributed by atoms with Gasteiger partial charge in [0.15, 0.2) is 5.82 Å². The van der Waals surface area contributed by atoms with Crippen molar-refractivity contribution in [2.24, 2.45) is 0 Å². The molecule has 1 spiro atoms. The van der Waals surface area contributed by atoms with Crippen molar-refractivity contribution in [2.45, 2.75) is 31.0 Å². The molecule has 2 fully saturated rings. The summed E-state index contributed by atoms with van der Waals surface area (Å²) in [6.45, 7) is 1.90. The molecule has 0 saturated carbocycles. The number of nitrogens with zero attached hydrogens (tertiary/aromatic N) is 2. The van der Waals surface area contributed by atoms with E-state index in [-0.39, 0.29) is 22.5 Å². The van der Waals surface area contributed by atoms with Gasteiger partial charge in [-0.25, -0.2) is 14.4 Å². The second-order valence-electron chi connectivity index (χ2n) is 5.91. The molecule has 2 aliphatic rings. The van der Waals surface area contributed by atoms with Gasteiger partial charge in [-0.2, -0.15) is 0 Å². The van der Waals surface area contributed by atoms with Crippen LogP contribution < -0.4 is 5.32 Å². The monoisotopic (exact) mass is 385 g/mol. The Balaban J connectivity index is 1.72. The van der Waals surface area contributed by atoms with Gasteiger partial charge in [-0.05, 0) is 59.1 Å². The quantitative estimate of drug-likeness (QED) is 0.758. The average molecular weight is 387 g/mol. The molecule has 1 aromatic heterocycles. The van der Waals surface area contributed by atoms with Gasteiger partial charge in [0.1, 0.15) is 11.6 Å². The number of ether oxygens (including phenoxy) is 1. The van der Waals surface area contributed by atoms with E-state index in [1.807, 2.05) is 6.07 Å². The lowest BCUT2D eigenvalue weighted by molar-refractivity contribution is -0.217.